The van der Waals surface area contributed by atoms with Gasteiger partial charge in [-0.2, -0.15) is 16.8 Å². The maximum Gasteiger partial charge on any atom is 0.407 e. The summed E-state index contributed by atoms with van der Waals surface area (Å²) < 4.78 is 58.7. The molecule has 1 N–H and O–H groups in total. The van der Waals surface area contributed by atoms with E-state index in [4.69, 9.17) is 4.74 Å². The predicted molar refractivity (Wildman–Crippen MR) is 83.9 cm³/mol. The molecule has 0 radical (unpaired) electrons. The molecule has 0 aliphatic heterocycles. The molecule has 138 valence electrons. The first-order chi connectivity index (χ1) is 10.1. The minimum Gasteiger partial charge on any atom is -0.444 e. The van der Waals surface area contributed by atoms with Gasteiger partial charge in [-0.15, -0.1) is 0 Å². The average Bonchev–Trinajstić information content (AvgIpc) is 2.27. The number of amides is 1. The first-order valence-corrected chi connectivity index (χ1v) is 10.4. The van der Waals surface area contributed by atoms with Gasteiger partial charge in [0, 0.05) is 5.92 Å². The smallest absolute Gasteiger partial charge is 0.407 e. The van der Waals surface area contributed by atoms with Gasteiger partial charge < -0.3 is 10.1 Å². The third-order valence-electron chi connectivity index (χ3n) is 2.40. The lowest BCUT2D eigenvalue weighted by Gasteiger charge is -2.26. The second kappa shape index (κ2) is 8.27. The van der Waals surface area contributed by atoms with Crippen LogP contribution in [-0.4, -0.2) is 60.3 Å². The van der Waals surface area contributed by atoms with Crippen molar-refractivity contribution < 1.29 is 34.7 Å². The molecule has 1 amide bonds. The molecule has 0 aliphatic rings. The van der Waals surface area contributed by atoms with Gasteiger partial charge >= 0.3 is 6.09 Å². The second-order valence-electron chi connectivity index (χ2n) is 6.21. The second-order valence-corrected chi connectivity index (χ2v) is 9.50. The van der Waals surface area contributed by atoms with Crippen LogP contribution in [0.4, 0.5) is 4.79 Å². The highest BCUT2D eigenvalue weighted by molar-refractivity contribution is 7.86. The molecule has 0 fully saturated rings. The highest BCUT2D eigenvalue weighted by atomic mass is 32.2. The molecule has 23 heavy (non-hydrogen) atoms. The minimum absolute atomic E-state index is 0.244. The summed E-state index contributed by atoms with van der Waals surface area (Å²) in [6, 6.07) is -0.818. The summed E-state index contributed by atoms with van der Waals surface area (Å²) in [5.74, 6) is -0.543. The number of hydrogen-bond acceptors (Lipinski definition) is 8. The summed E-state index contributed by atoms with van der Waals surface area (Å²) in [6.07, 6.45) is 0.990. The van der Waals surface area contributed by atoms with E-state index < -0.39 is 43.9 Å². The maximum absolute atomic E-state index is 11.8. The van der Waals surface area contributed by atoms with Crippen molar-refractivity contribution in [2.75, 3.05) is 25.7 Å². The van der Waals surface area contributed by atoms with Crippen LogP contribution in [-0.2, 0) is 33.3 Å². The van der Waals surface area contributed by atoms with Crippen LogP contribution < -0.4 is 5.32 Å². The molecule has 2 atom stereocenters. The van der Waals surface area contributed by atoms with Crippen LogP contribution in [0, 0.1) is 5.92 Å². The monoisotopic (exact) mass is 375 g/mol. The molecule has 0 rings (SSSR count). The van der Waals surface area contributed by atoms with Gasteiger partial charge in [-0.3, -0.25) is 8.37 Å². The average molecular weight is 375 g/mol. The van der Waals surface area contributed by atoms with Crippen LogP contribution in [0.2, 0.25) is 0 Å². The van der Waals surface area contributed by atoms with E-state index in [2.05, 4.69) is 13.7 Å². The Kier molecular flexibility index (Phi) is 7.94. The summed E-state index contributed by atoms with van der Waals surface area (Å²) >= 11 is 0. The van der Waals surface area contributed by atoms with Crippen molar-refractivity contribution in [2.24, 2.45) is 5.92 Å². The van der Waals surface area contributed by atoms with Gasteiger partial charge in [-0.25, -0.2) is 4.79 Å². The normalized spacial score (nSPS) is 15.7. The summed E-state index contributed by atoms with van der Waals surface area (Å²) in [4.78, 5) is 11.8. The SMILES string of the molecule is CC(COS(C)(=O)=O)C(COS(C)(=O)=O)NC(=O)OC(C)(C)C. The van der Waals surface area contributed by atoms with Gasteiger partial charge in [-0.1, -0.05) is 6.92 Å². The number of hydrogen-bond donors (Lipinski definition) is 1. The third kappa shape index (κ3) is 13.2. The first-order valence-electron chi connectivity index (χ1n) is 6.77. The lowest BCUT2D eigenvalue weighted by Crippen LogP contribution is -2.46. The zero-order valence-corrected chi connectivity index (χ0v) is 15.8. The Labute approximate surface area is 137 Å². The number of nitrogens with one attached hydrogen (secondary N) is 1. The van der Waals surface area contributed by atoms with Gasteiger partial charge in [0.05, 0.1) is 31.8 Å². The zero-order valence-electron chi connectivity index (χ0n) is 14.2. The van der Waals surface area contributed by atoms with Crippen molar-refractivity contribution >= 4 is 26.3 Å². The molecule has 11 heteroatoms. The number of carbonyl (C=O) groups is 1. The Bertz CT molecular complexity index is 591. The van der Waals surface area contributed by atoms with Gasteiger partial charge in [0.25, 0.3) is 20.2 Å². The zero-order chi connectivity index (χ0) is 18.5. The summed E-state index contributed by atoms with van der Waals surface area (Å²) in [7, 11) is -7.37. The fraction of sp³-hybridized carbons (Fsp3) is 0.917. The molecule has 0 aromatic carbocycles. The maximum atomic E-state index is 11.8. The van der Waals surface area contributed by atoms with Gasteiger partial charge in [0.1, 0.15) is 5.60 Å². The number of alkyl carbamates (subject to hydrolysis) is 1. The summed E-state index contributed by atoms with van der Waals surface area (Å²) in [5, 5.41) is 2.46. The van der Waals surface area contributed by atoms with E-state index >= 15 is 0 Å². The highest BCUT2D eigenvalue weighted by Crippen LogP contribution is 2.11. The molecule has 0 spiro atoms. The predicted octanol–water partition coefficient (Wildman–Crippen LogP) is 0.468. The largest absolute Gasteiger partial charge is 0.444 e. The molecule has 9 nitrogen and oxygen atoms in total. The highest BCUT2D eigenvalue weighted by Gasteiger charge is 2.26. The van der Waals surface area contributed by atoms with Crippen molar-refractivity contribution in [1.82, 2.24) is 5.32 Å². The topological polar surface area (TPSA) is 125 Å². The van der Waals surface area contributed by atoms with E-state index in [0.29, 0.717) is 0 Å². The molecular weight excluding hydrogens is 350 g/mol. The van der Waals surface area contributed by atoms with Crippen LogP contribution in [0.25, 0.3) is 0 Å². The molecule has 0 saturated heterocycles. The summed E-state index contributed by atoms with van der Waals surface area (Å²) in [5.41, 5.74) is -0.737. The van der Waals surface area contributed by atoms with E-state index in [-0.39, 0.29) is 13.2 Å². The lowest BCUT2D eigenvalue weighted by atomic mass is 10.0. The van der Waals surface area contributed by atoms with Gasteiger partial charge in [-0.05, 0) is 20.8 Å². The van der Waals surface area contributed by atoms with Crippen LogP contribution in [0.1, 0.15) is 27.7 Å². The number of carbonyl (C=O) groups excluding carboxylic acids is 1. The van der Waals surface area contributed by atoms with Crippen molar-refractivity contribution in [3.05, 3.63) is 0 Å². The van der Waals surface area contributed by atoms with Crippen LogP contribution in [0.3, 0.4) is 0 Å². The Morgan fingerprint density at radius 1 is 1.00 bits per heavy atom. The van der Waals surface area contributed by atoms with Crippen LogP contribution in [0.5, 0.6) is 0 Å². The van der Waals surface area contributed by atoms with E-state index in [1.54, 1.807) is 27.7 Å². The Morgan fingerprint density at radius 3 is 1.83 bits per heavy atom. The molecule has 0 heterocycles. The van der Waals surface area contributed by atoms with E-state index in [9.17, 15) is 21.6 Å². The first kappa shape index (κ1) is 22.1. The third-order valence-corrected chi connectivity index (χ3v) is 3.52. The summed E-state index contributed by atoms with van der Waals surface area (Å²) in [6.45, 7) is 5.98. The molecular formula is C12H25NO8S2. The van der Waals surface area contributed by atoms with Crippen molar-refractivity contribution in [1.29, 1.82) is 0 Å². The molecule has 0 saturated carbocycles. The Balaban J connectivity index is 4.89. The van der Waals surface area contributed by atoms with Crippen LogP contribution >= 0.6 is 0 Å². The van der Waals surface area contributed by atoms with Gasteiger partial charge in [0.2, 0.25) is 0 Å². The number of rotatable bonds is 8. The van der Waals surface area contributed by atoms with Crippen LogP contribution in [0.15, 0.2) is 0 Å². The van der Waals surface area contributed by atoms with E-state index in [0.717, 1.165) is 12.5 Å². The molecule has 0 aromatic heterocycles. The quantitative estimate of drug-likeness (QED) is 0.607. The van der Waals surface area contributed by atoms with Crippen molar-refractivity contribution in [3.63, 3.8) is 0 Å². The lowest BCUT2D eigenvalue weighted by molar-refractivity contribution is 0.0454. The molecule has 0 bridgehead atoms. The fourth-order valence-corrected chi connectivity index (χ4v) is 2.21. The molecule has 0 aromatic rings. The fourth-order valence-electron chi connectivity index (χ4n) is 1.35. The Morgan fingerprint density at radius 2 is 1.43 bits per heavy atom. The molecule has 2 unspecified atom stereocenters. The molecule has 0 aliphatic carbocycles. The van der Waals surface area contributed by atoms with Gasteiger partial charge in [0.15, 0.2) is 0 Å². The minimum atomic E-state index is -3.72. The van der Waals surface area contributed by atoms with Crippen molar-refractivity contribution in [2.45, 2.75) is 39.3 Å². The van der Waals surface area contributed by atoms with Crippen molar-refractivity contribution in [3.8, 4) is 0 Å². The Hall–Kier alpha value is -0.910. The standard InChI is InChI=1S/C12H25NO8S2/c1-9(7-19-22(5,15)16)10(8-20-23(6,17)18)13-11(14)21-12(2,3)4/h9-10H,7-8H2,1-6H3,(H,13,14). The number of ether oxygens (including phenoxy) is 1. The van der Waals surface area contributed by atoms with E-state index in [1.807, 2.05) is 0 Å². The van der Waals surface area contributed by atoms with E-state index in [1.165, 1.54) is 0 Å².